The molecule has 0 saturated carbocycles. The maximum Gasteiger partial charge on any atom is 0.262 e. The fourth-order valence-electron chi connectivity index (χ4n) is 4.73. The SMILES string of the molecule is O=C(c1ccc(NCC(=O)N2N=C(c3ccco3)CC2c2ccco2)cc1)N1CCc2ccccc21. The fourth-order valence-corrected chi connectivity index (χ4v) is 4.73. The molecule has 36 heavy (non-hydrogen) atoms. The Morgan fingerprint density at radius 1 is 0.944 bits per heavy atom. The Hall–Kier alpha value is -4.59. The van der Waals surface area contributed by atoms with Gasteiger partial charge < -0.3 is 19.1 Å². The van der Waals surface area contributed by atoms with Crippen LogP contribution in [-0.2, 0) is 11.2 Å². The minimum atomic E-state index is -0.335. The second-order valence-corrected chi connectivity index (χ2v) is 8.76. The van der Waals surface area contributed by atoms with Gasteiger partial charge in [-0.1, -0.05) is 18.2 Å². The van der Waals surface area contributed by atoms with Gasteiger partial charge in [-0.05, 0) is 66.6 Å². The molecule has 1 atom stereocenters. The molecular formula is C28H24N4O4. The standard InChI is InChI=1S/C28H24N4O4/c33-27(32-24(26-8-4-16-36-26)17-22(30-32)25-7-3-15-35-25)18-29-21-11-9-20(10-12-21)28(34)31-14-13-19-5-1-2-6-23(19)31/h1-12,15-16,24,29H,13-14,17-18H2. The summed E-state index contributed by atoms with van der Waals surface area (Å²) >= 11 is 0. The fraction of sp³-hybridized carbons (Fsp3) is 0.179. The number of hydrazone groups is 1. The topological polar surface area (TPSA) is 91.3 Å². The average molecular weight is 481 g/mol. The van der Waals surface area contributed by atoms with Gasteiger partial charge in [-0.25, -0.2) is 5.01 Å². The lowest BCUT2D eigenvalue weighted by molar-refractivity contribution is -0.131. The Labute approximate surface area is 207 Å². The number of hydrogen-bond acceptors (Lipinski definition) is 6. The van der Waals surface area contributed by atoms with Crippen LogP contribution in [0.25, 0.3) is 0 Å². The second-order valence-electron chi connectivity index (χ2n) is 8.76. The molecule has 2 aliphatic rings. The van der Waals surface area contributed by atoms with E-state index in [4.69, 9.17) is 8.83 Å². The van der Waals surface area contributed by atoms with Crippen molar-refractivity contribution in [2.45, 2.75) is 18.9 Å². The van der Waals surface area contributed by atoms with Gasteiger partial charge in [0, 0.05) is 29.9 Å². The van der Waals surface area contributed by atoms with Crippen molar-refractivity contribution in [1.29, 1.82) is 0 Å². The molecule has 180 valence electrons. The van der Waals surface area contributed by atoms with Crippen molar-refractivity contribution < 1.29 is 18.4 Å². The molecule has 0 bridgehead atoms. The van der Waals surface area contributed by atoms with Gasteiger partial charge in [0.15, 0.2) is 0 Å². The molecule has 6 rings (SSSR count). The summed E-state index contributed by atoms with van der Waals surface area (Å²) in [6, 6.07) is 22.1. The summed E-state index contributed by atoms with van der Waals surface area (Å²) in [4.78, 5) is 28.0. The first-order valence-electron chi connectivity index (χ1n) is 11.9. The molecule has 0 fully saturated rings. The molecule has 4 aromatic rings. The molecule has 8 heteroatoms. The third-order valence-electron chi connectivity index (χ3n) is 6.55. The van der Waals surface area contributed by atoms with Crippen molar-refractivity contribution in [1.82, 2.24) is 5.01 Å². The molecule has 2 aromatic heterocycles. The number of rotatable bonds is 6. The number of nitrogens with one attached hydrogen (secondary N) is 1. The predicted octanol–water partition coefficient (Wildman–Crippen LogP) is 4.87. The number of anilines is 2. The van der Waals surface area contributed by atoms with Gasteiger partial charge in [-0.2, -0.15) is 5.10 Å². The van der Waals surface area contributed by atoms with Crippen LogP contribution >= 0.6 is 0 Å². The van der Waals surface area contributed by atoms with Crippen molar-refractivity contribution in [2.24, 2.45) is 5.10 Å². The molecule has 0 spiro atoms. The third-order valence-corrected chi connectivity index (χ3v) is 6.55. The van der Waals surface area contributed by atoms with Crippen LogP contribution in [-0.4, -0.2) is 35.6 Å². The van der Waals surface area contributed by atoms with Crippen LogP contribution in [0.3, 0.4) is 0 Å². The van der Waals surface area contributed by atoms with E-state index in [0.717, 1.165) is 17.8 Å². The van der Waals surface area contributed by atoms with Gasteiger partial charge >= 0.3 is 0 Å². The summed E-state index contributed by atoms with van der Waals surface area (Å²) in [5.41, 5.74) is 4.21. The lowest BCUT2D eigenvalue weighted by atomic mass is 10.1. The summed E-state index contributed by atoms with van der Waals surface area (Å²) in [5.74, 6) is 1.07. The summed E-state index contributed by atoms with van der Waals surface area (Å²) in [6.07, 6.45) is 4.54. The maximum absolute atomic E-state index is 13.1. The first kappa shape index (κ1) is 21.9. The van der Waals surface area contributed by atoms with Crippen LogP contribution in [0.1, 0.15) is 39.9 Å². The highest BCUT2D eigenvalue weighted by atomic mass is 16.3. The maximum atomic E-state index is 13.1. The summed E-state index contributed by atoms with van der Waals surface area (Å²) < 4.78 is 11.1. The molecule has 0 saturated heterocycles. The third kappa shape index (κ3) is 4.07. The van der Waals surface area contributed by atoms with E-state index in [-0.39, 0.29) is 24.4 Å². The van der Waals surface area contributed by atoms with E-state index >= 15 is 0 Å². The molecular weight excluding hydrogens is 456 g/mol. The normalized spacial score (nSPS) is 16.7. The Bertz CT molecular complexity index is 1410. The largest absolute Gasteiger partial charge is 0.467 e. The van der Waals surface area contributed by atoms with Gasteiger partial charge in [0.1, 0.15) is 23.3 Å². The number of benzene rings is 2. The van der Waals surface area contributed by atoms with Crippen LogP contribution in [0.15, 0.2) is 99.3 Å². The number of amides is 2. The lowest BCUT2D eigenvalue weighted by Crippen LogP contribution is -2.32. The molecule has 1 N–H and O–H groups in total. The zero-order chi connectivity index (χ0) is 24.5. The minimum absolute atomic E-state index is 0.0271. The number of furan rings is 2. The van der Waals surface area contributed by atoms with E-state index in [1.165, 1.54) is 10.6 Å². The average Bonchev–Trinajstić information content (AvgIpc) is 3.73. The quantitative estimate of drug-likeness (QED) is 0.425. The van der Waals surface area contributed by atoms with Crippen molar-refractivity contribution in [3.05, 3.63) is 108 Å². The summed E-state index contributed by atoms with van der Waals surface area (Å²) in [6.45, 7) is 0.721. The smallest absolute Gasteiger partial charge is 0.262 e. The van der Waals surface area contributed by atoms with Crippen molar-refractivity contribution >= 4 is 28.9 Å². The number of hydrogen-bond donors (Lipinski definition) is 1. The Morgan fingerprint density at radius 2 is 1.75 bits per heavy atom. The van der Waals surface area contributed by atoms with Crippen molar-refractivity contribution in [3.63, 3.8) is 0 Å². The highest BCUT2D eigenvalue weighted by Crippen LogP contribution is 2.33. The van der Waals surface area contributed by atoms with Crippen LogP contribution in [0.2, 0.25) is 0 Å². The second kappa shape index (κ2) is 9.22. The highest BCUT2D eigenvalue weighted by Gasteiger charge is 2.35. The number of nitrogens with zero attached hydrogens (tertiary/aromatic N) is 3. The van der Waals surface area contributed by atoms with E-state index in [9.17, 15) is 9.59 Å². The zero-order valence-electron chi connectivity index (χ0n) is 19.5. The minimum Gasteiger partial charge on any atom is -0.467 e. The number of para-hydroxylation sites is 1. The van der Waals surface area contributed by atoms with Gasteiger partial charge in [-0.15, -0.1) is 0 Å². The van der Waals surface area contributed by atoms with Gasteiger partial charge in [0.2, 0.25) is 0 Å². The molecule has 1 unspecified atom stereocenters. The first-order chi connectivity index (χ1) is 17.7. The van der Waals surface area contributed by atoms with E-state index in [2.05, 4.69) is 16.5 Å². The Balaban J connectivity index is 1.13. The lowest BCUT2D eigenvalue weighted by Gasteiger charge is -2.20. The molecule has 8 nitrogen and oxygen atoms in total. The van der Waals surface area contributed by atoms with Crippen LogP contribution in [0, 0.1) is 0 Å². The zero-order valence-corrected chi connectivity index (χ0v) is 19.5. The number of fused-ring (bicyclic) bond motifs is 1. The van der Waals surface area contributed by atoms with Crippen molar-refractivity contribution in [3.8, 4) is 0 Å². The molecule has 2 aliphatic heterocycles. The molecule has 2 amide bonds. The van der Waals surface area contributed by atoms with Crippen LogP contribution in [0.4, 0.5) is 11.4 Å². The van der Waals surface area contributed by atoms with Gasteiger partial charge in [0.05, 0.1) is 19.1 Å². The van der Waals surface area contributed by atoms with E-state index in [1.807, 2.05) is 47.4 Å². The van der Waals surface area contributed by atoms with Crippen molar-refractivity contribution in [2.75, 3.05) is 23.3 Å². The summed E-state index contributed by atoms with van der Waals surface area (Å²) in [7, 11) is 0. The summed E-state index contributed by atoms with van der Waals surface area (Å²) in [5, 5.41) is 9.14. The van der Waals surface area contributed by atoms with E-state index in [1.54, 1.807) is 36.8 Å². The monoisotopic (exact) mass is 480 g/mol. The Morgan fingerprint density at radius 3 is 2.53 bits per heavy atom. The molecule has 4 heterocycles. The van der Waals surface area contributed by atoms with Crippen LogP contribution < -0.4 is 10.2 Å². The molecule has 2 aromatic carbocycles. The predicted molar refractivity (Wildman–Crippen MR) is 135 cm³/mol. The molecule has 0 aliphatic carbocycles. The molecule has 0 radical (unpaired) electrons. The Kier molecular flexibility index (Phi) is 5.61. The van der Waals surface area contributed by atoms with Gasteiger partial charge in [-0.3, -0.25) is 9.59 Å². The highest BCUT2D eigenvalue weighted by molar-refractivity contribution is 6.07. The van der Waals surface area contributed by atoms with Gasteiger partial charge in [0.25, 0.3) is 11.8 Å². The van der Waals surface area contributed by atoms with Crippen LogP contribution in [0.5, 0.6) is 0 Å². The van der Waals surface area contributed by atoms with E-state index in [0.29, 0.717) is 35.8 Å². The van der Waals surface area contributed by atoms with E-state index < -0.39 is 0 Å². The number of carbonyl (C=O) groups excluding carboxylic acids is 2. The first-order valence-corrected chi connectivity index (χ1v) is 11.9. The number of carbonyl (C=O) groups is 2.